The molecule has 152 valence electrons. The summed E-state index contributed by atoms with van der Waals surface area (Å²) in [5.41, 5.74) is -0.853. The molecule has 0 radical (unpaired) electrons. The van der Waals surface area contributed by atoms with E-state index in [2.05, 4.69) is 5.16 Å². The number of benzene rings is 2. The van der Waals surface area contributed by atoms with Crippen LogP contribution in [0.25, 0.3) is 0 Å². The van der Waals surface area contributed by atoms with Gasteiger partial charge in [0.2, 0.25) is 0 Å². The number of alkyl halides is 3. The Hall–Kier alpha value is -1.41. The monoisotopic (exact) mass is 461 g/mol. The third kappa shape index (κ3) is 3.32. The number of oxime groups is 1. The van der Waals surface area contributed by atoms with Crippen molar-refractivity contribution in [3.8, 4) is 0 Å². The molecular weight excluding hydrogens is 448 g/mol. The molecule has 3 nitrogen and oxygen atoms in total. The highest BCUT2D eigenvalue weighted by molar-refractivity contribution is 6.49. The van der Waals surface area contributed by atoms with Gasteiger partial charge in [-0.1, -0.05) is 52.1 Å². The first-order valence-electron chi connectivity index (χ1n) is 8.69. The van der Waals surface area contributed by atoms with Crippen molar-refractivity contribution in [2.75, 3.05) is 0 Å². The first kappa shape index (κ1) is 20.9. The van der Waals surface area contributed by atoms with E-state index >= 15 is 0 Å². The Balaban J connectivity index is 1.75. The number of rotatable bonds is 2. The van der Waals surface area contributed by atoms with Gasteiger partial charge in [-0.3, -0.25) is 0 Å². The maximum absolute atomic E-state index is 14.2. The Morgan fingerprint density at radius 3 is 2.34 bits per heavy atom. The van der Waals surface area contributed by atoms with Crippen LogP contribution in [-0.4, -0.2) is 19.4 Å². The number of nitrogens with zero attached hydrogens (tertiary/aromatic N) is 1. The normalized spacial score (nSPS) is 22.7. The molecule has 2 aliphatic heterocycles. The molecule has 4 rings (SSSR count). The molecule has 0 fully saturated rings. The van der Waals surface area contributed by atoms with E-state index in [4.69, 9.17) is 44.3 Å². The van der Waals surface area contributed by atoms with E-state index in [1.807, 2.05) is 19.9 Å². The van der Waals surface area contributed by atoms with Crippen molar-refractivity contribution in [2.45, 2.75) is 37.6 Å². The van der Waals surface area contributed by atoms with Gasteiger partial charge in [0, 0.05) is 12.0 Å². The van der Waals surface area contributed by atoms with Gasteiger partial charge in [0.1, 0.15) is 0 Å². The van der Waals surface area contributed by atoms with Crippen molar-refractivity contribution in [1.82, 2.24) is 0 Å². The summed E-state index contributed by atoms with van der Waals surface area (Å²) in [5, 5.41) is 3.59. The first-order chi connectivity index (χ1) is 13.4. The third-order valence-electron chi connectivity index (χ3n) is 5.32. The lowest BCUT2D eigenvalue weighted by Gasteiger charge is -2.30. The molecule has 0 bridgehead atoms. The van der Waals surface area contributed by atoms with Gasteiger partial charge in [-0.25, -0.2) is 0 Å². The zero-order valence-corrected chi connectivity index (χ0v) is 17.6. The Morgan fingerprint density at radius 1 is 1.07 bits per heavy atom. The van der Waals surface area contributed by atoms with Crippen LogP contribution in [0.4, 0.5) is 13.2 Å². The van der Waals surface area contributed by atoms with Crippen LogP contribution < -0.4 is 5.46 Å². The van der Waals surface area contributed by atoms with Crippen molar-refractivity contribution in [2.24, 2.45) is 5.16 Å². The van der Waals surface area contributed by atoms with Gasteiger partial charge in [-0.15, -0.1) is 0 Å². The molecule has 0 amide bonds. The lowest BCUT2D eigenvalue weighted by atomic mass is 9.81. The van der Waals surface area contributed by atoms with Crippen molar-refractivity contribution in [3.63, 3.8) is 0 Å². The summed E-state index contributed by atoms with van der Waals surface area (Å²) in [5.74, 6) is 0. The molecule has 0 N–H and O–H groups in total. The lowest BCUT2D eigenvalue weighted by Crippen LogP contribution is -2.42. The Bertz CT molecular complexity index is 1020. The number of halogens is 6. The smallest absolute Gasteiger partial charge is 0.426 e. The Morgan fingerprint density at radius 2 is 1.72 bits per heavy atom. The zero-order valence-electron chi connectivity index (χ0n) is 15.3. The topological polar surface area (TPSA) is 30.8 Å². The Kier molecular flexibility index (Phi) is 4.89. The molecule has 0 spiro atoms. The van der Waals surface area contributed by atoms with E-state index in [1.165, 1.54) is 0 Å². The predicted molar refractivity (Wildman–Crippen MR) is 109 cm³/mol. The van der Waals surface area contributed by atoms with Crippen LogP contribution in [0, 0.1) is 0 Å². The van der Waals surface area contributed by atoms with E-state index in [0.29, 0.717) is 13.0 Å². The average molecular weight is 462 g/mol. The minimum Gasteiger partial charge on any atom is -0.426 e. The number of hydrogen-bond acceptors (Lipinski definition) is 3. The van der Waals surface area contributed by atoms with Gasteiger partial charge in [-0.05, 0) is 48.6 Å². The summed E-state index contributed by atoms with van der Waals surface area (Å²) in [6.07, 6.45) is -5.29. The standard InChI is InChI=1S/C19H14BCl3F3NO2/c1-17(2)11-5-9(3-4-12(11)20-28-17)15-8-18(29-27-15,19(24,25)26)10-6-13(21)16(23)14(22)7-10/h3-7,20H,8H2,1-2H3/t18-/m1/s1. The van der Waals surface area contributed by atoms with Crippen molar-refractivity contribution < 1.29 is 22.7 Å². The molecule has 0 aromatic heterocycles. The minimum absolute atomic E-state index is 0.0191. The fourth-order valence-electron chi connectivity index (χ4n) is 3.63. The molecular formula is C19H14BCl3F3NO2. The quantitative estimate of drug-likeness (QED) is 0.438. The molecule has 2 aliphatic rings. The van der Waals surface area contributed by atoms with E-state index in [9.17, 15) is 13.2 Å². The predicted octanol–water partition coefficient (Wildman–Crippen LogP) is 5.47. The van der Waals surface area contributed by atoms with Gasteiger partial charge in [-0.2, -0.15) is 13.2 Å². The molecule has 0 aliphatic carbocycles. The minimum atomic E-state index is -4.77. The average Bonchev–Trinajstić information content (AvgIpc) is 3.22. The Labute approximate surface area is 181 Å². The number of hydrogen-bond donors (Lipinski definition) is 0. The van der Waals surface area contributed by atoms with Gasteiger partial charge in [0.25, 0.3) is 5.60 Å². The van der Waals surface area contributed by atoms with Crippen molar-refractivity contribution in [1.29, 1.82) is 0 Å². The van der Waals surface area contributed by atoms with Crippen LogP contribution in [0.2, 0.25) is 15.1 Å². The van der Waals surface area contributed by atoms with Crippen molar-refractivity contribution >= 4 is 53.5 Å². The molecule has 1 atom stereocenters. The number of fused-ring (bicyclic) bond motifs is 1. The molecule has 29 heavy (non-hydrogen) atoms. The van der Waals surface area contributed by atoms with Crippen LogP contribution in [0.5, 0.6) is 0 Å². The van der Waals surface area contributed by atoms with E-state index in [0.717, 1.165) is 23.2 Å². The molecule has 0 unspecified atom stereocenters. The summed E-state index contributed by atoms with van der Waals surface area (Å²) in [6, 6.07) is 7.59. The van der Waals surface area contributed by atoms with Crippen LogP contribution in [0.3, 0.4) is 0 Å². The van der Waals surface area contributed by atoms with Gasteiger partial charge >= 0.3 is 13.7 Å². The van der Waals surface area contributed by atoms with E-state index < -0.39 is 23.8 Å². The largest absolute Gasteiger partial charge is 0.435 e. The van der Waals surface area contributed by atoms with Crippen molar-refractivity contribution in [3.05, 3.63) is 62.1 Å². The molecule has 0 saturated heterocycles. The van der Waals surface area contributed by atoms with Gasteiger partial charge < -0.3 is 9.49 Å². The third-order valence-corrected chi connectivity index (χ3v) is 6.51. The fourth-order valence-corrected chi connectivity index (χ4v) is 4.22. The first-order valence-corrected chi connectivity index (χ1v) is 9.82. The second-order valence-corrected chi connectivity index (χ2v) is 8.75. The van der Waals surface area contributed by atoms with Gasteiger partial charge in [0.15, 0.2) is 0 Å². The van der Waals surface area contributed by atoms with Crippen LogP contribution in [-0.2, 0) is 20.7 Å². The zero-order chi connectivity index (χ0) is 21.2. The summed E-state index contributed by atoms with van der Waals surface area (Å²) < 4.78 is 48.2. The molecule has 2 heterocycles. The summed E-state index contributed by atoms with van der Waals surface area (Å²) in [7, 11) is 0.458. The van der Waals surface area contributed by atoms with Crippen LogP contribution in [0.1, 0.15) is 37.0 Å². The maximum Gasteiger partial charge on any atom is 0.435 e. The highest BCUT2D eigenvalue weighted by Gasteiger charge is 2.62. The maximum atomic E-state index is 14.2. The van der Waals surface area contributed by atoms with E-state index in [-0.39, 0.29) is 26.3 Å². The molecule has 0 saturated carbocycles. The second kappa shape index (κ2) is 6.81. The molecule has 10 heteroatoms. The lowest BCUT2D eigenvalue weighted by molar-refractivity contribution is -0.275. The van der Waals surface area contributed by atoms with Crippen LogP contribution >= 0.6 is 34.8 Å². The summed E-state index contributed by atoms with van der Waals surface area (Å²) in [6.45, 7) is 3.82. The highest BCUT2D eigenvalue weighted by Crippen LogP contribution is 2.50. The summed E-state index contributed by atoms with van der Waals surface area (Å²) in [4.78, 5) is 5.05. The fraction of sp³-hybridized carbons (Fsp3) is 0.316. The van der Waals surface area contributed by atoms with Gasteiger partial charge in [0.05, 0.1) is 26.4 Å². The summed E-state index contributed by atoms with van der Waals surface area (Å²) >= 11 is 17.8. The van der Waals surface area contributed by atoms with Crippen LogP contribution in [0.15, 0.2) is 35.5 Å². The highest BCUT2D eigenvalue weighted by atomic mass is 35.5. The second-order valence-electron chi connectivity index (χ2n) is 7.56. The van der Waals surface area contributed by atoms with E-state index in [1.54, 1.807) is 12.1 Å². The SMILES string of the molecule is CC1(C)OBc2ccc(C3=NO[C@](c4cc(Cl)c(Cl)c(Cl)c4)(C(F)(F)F)C3)cc21. The molecule has 2 aromatic rings. The molecule has 2 aromatic carbocycles.